The number of hydrogen-bond donors (Lipinski definition) is 1. The second-order valence-electron chi connectivity index (χ2n) is 6.85. The highest BCUT2D eigenvalue weighted by Gasteiger charge is 2.35. The molecule has 29 heavy (non-hydrogen) atoms. The predicted molar refractivity (Wildman–Crippen MR) is 95.5 cm³/mol. The van der Waals surface area contributed by atoms with E-state index in [-0.39, 0.29) is 23.3 Å². The molecule has 1 aliphatic heterocycles. The van der Waals surface area contributed by atoms with Gasteiger partial charge in [-0.25, -0.2) is 27.1 Å². The fourth-order valence-electron chi connectivity index (χ4n) is 3.31. The van der Waals surface area contributed by atoms with Crippen LogP contribution in [0, 0.1) is 0 Å². The second kappa shape index (κ2) is 7.01. The summed E-state index contributed by atoms with van der Waals surface area (Å²) < 4.78 is 56.1. The quantitative estimate of drug-likeness (QED) is 0.668. The van der Waals surface area contributed by atoms with E-state index in [0.29, 0.717) is 18.8 Å². The van der Waals surface area contributed by atoms with Crippen LogP contribution >= 0.6 is 0 Å². The lowest BCUT2D eigenvalue weighted by molar-refractivity contribution is -0.0118. The van der Waals surface area contributed by atoms with Crippen LogP contribution in [0.1, 0.15) is 35.3 Å². The molecule has 0 saturated carbocycles. The molecule has 1 aliphatic rings. The molecular formula is C17H17F4N7O. The molecule has 154 valence electrons. The van der Waals surface area contributed by atoms with Crippen molar-refractivity contribution in [3.63, 3.8) is 0 Å². The maximum atomic E-state index is 13.7. The summed E-state index contributed by atoms with van der Waals surface area (Å²) in [4.78, 5) is 18.4. The van der Waals surface area contributed by atoms with Gasteiger partial charge in [-0.1, -0.05) is 0 Å². The van der Waals surface area contributed by atoms with Crippen molar-refractivity contribution in [3.8, 4) is 0 Å². The lowest BCUT2D eigenvalue weighted by Crippen LogP contribution is -2.43. The van der Waals surface area contributed by atoms with E-state index in [9.17, 15) is 22.4 Å². The summed E-state index contributed by atoms with van der Waals surface area (Å²) in [5, 5.41) is 10.0. The minimum atomic E-state index is -2.86. The van der Waals surface area contributed by atoms with Gasteiger partial charge < -0.3 is 10.2 Å². The number of piperidine rings is 1. The molecule has 3 aromatic rings. The van der Waals surface area contributed by atoms with Crippen molar-refractivity contribution in [2.45, 2.75) is 25.2 Å². The first-order valence-electron chi connectivity index (χ1n) is 8.84. The fraction of sp³-hybridized carbons (Fsp3) is 0.412. The molecule has 1 N–H and O–H groups in total. The maximum absolute atomic E-state index is 13.7. The smallest absolute Gasteiger partial charge is 0.284 e. The summed E-state index contributed by atoms with van der Waals surface area (Å²) in [6.45, 7) is -0.0405. The summed E-state index contributed by atoms with van der Waals surface area (Å²) in [5.74, 6) is -3.22. The Morgan fingerprint density at radius 3 is 2.86 bits per heavy atom. The fourth-order valence-corrected chi connectivity index (χ4v) is 3.31. The van der Waals surface area contributed by atoms with Crippen molar-refractivity contribution in [2.24, 2.45) is 7.05 Å². The van der Waals surface area contributed by atoms with Crippen molar-refractivity contribution in [1.29, 1.82) is 0 Å². The van der Waals surface area contributed by atoms with E-state index in [0.717, 1.165) is 0 Å². The third-order valence-corrected chi connectivity index (χ3v) is 4.63. The Kier molecular flexibility index (Phi) is 4.63. The van der Waals surface area contributed by atoms with E-state index in [2.05, 4.69) is 20.5 Å². The van der Waals surface area contributed by atoms with Crippen LogP contribution in [-0.4, -0.2) is 49.3 Å². The van der Waals surface area contributed by atoms with E-state index in [1.54, 1.807) is 6.07 Å². The maximum Gasteiger partial charge on any atom is 0.284 e. The largest absolute Gasteiger partial charge is 0.350 e. The molecule has 4 rings (SSSR count). The number of nitrogens with zero attached hydrogens (tertiary/aromatic N) is 6. The molecule has 0 unspecified atom stereocenters. The first kappa shape index (κ1) is 19.2. The number of aryl methyl sites for hydroxylation is 1. The average molecular weight is 411 g/mol. The van der Waals surface area contributed by atoms with E-state index >= 15 is 0 Å². The number of hydrogen-bond acceptors (Lipinski definition) is 5. The molecule has 1 saturated heterocycles. The molecule has 8 nitrogen and oxygen atoms in total. The van der Waals surface area contributed by atoms with Gasteiger partial charge in [-0.2, -0.15) is 10.2 Å². The van der Waals surface area contributed by atoms with Crippen molar-refractivity contribution < 1.29 is 22.4 Å². The molecule has 12 heteroatoms. The number of aromatic nitrogens is 5. The monoisotopic (exact) mass is 411 g/mol. The zero-order valence-electron chi connectivity index (χ0n) is 15.3. The van der Waals surface area contributed by atoms with E-state index in [1.165, 1.54) is 39.7 Å². The van der Waals surface area contributed by atoms with Crippen molar-refractivity contribution in [3.05, 3.63) is 35.9 Å². The van der Waals surface area contributed by atoms with E-state index in [4.69, 9.17) is 0 Å². The van der Waals surface area contributed by atoms with Gasteiger partial charge in [0, 0.05) is 32.4 Å². The van der Waals surface area contributed by atoms with Gasteiger partial charge in [-0.05, 0) is 12.5 Å². The highest BCUT2D eigenvalue weighted by Crippen LogP contribution is 2.30. The summed E-state index contributed by atoms with van der Waals surface area (Å²) in [6.07, 6.45) is 1.30. The van der Waals surface area contributed by atoms with Crippen LogP contribution in [0.25, 0.3) is 5.65 Å². The number of fused-ring (bicyclic) bond motifs is 1. The predicted octanol–water partition coefficient (Wildman–Crippen LogP) is 2.89. The topological polar surface area (TPSA) is 80.4 Å². The molecular weight excluding hydrogens is 394 g/mol. The van der Waals surface area contributed by atoms with Crippen molar-refractivity contribution in [2.75, 3.05) is 23.3 Å². The molecule has 0 spiro atoms. The van der Waals surface area contributed by atoms with Crippen LogP contribution in [0.5, 0.6) is 0 Å². The van der Waals surface area contributed by atoms with Crippen LogP contribution in [0.15, 0.2) is 24.7 Å². The van der Waals surface area contributed by atoms with Crippen molar-refractivity contribution in [1.82, 2.24) is 24.4 Å². The average Bonchev–Trinajstić information content (AvgIpc) is 3.23. The Hall–Kier alpha value is -3.18. The van der Waals surface area contributed by atoms with Crippen LogP contribution in [0.4, 0.5) is 29.1 Å². The van der Waals surface area contributed by atoms with Crippen LogP contribution in [-0.2, 0) is 7.05 Å². The van der Waals surface area contributed by atoms with Crippen molar-refractivity contribution >= 4 is 23.1 Å². The van der Waals surface area contributed by atoms with Gasteiger partial charge >= 0.3 is 0 Å². The van der Waals surface area contributed by atoms with Gasteiger partial charge in [0.1, 0.15) is 11.4 Å². The molecule has 0 atom stereocenters. The third kappa shape index (κ3) is 3.74. The summed E-state index contributed by atoms with van der Waals surface area (Å²) in [5.41, 5.74) is -0.517. The number of alkyl halides is 4. The zero-order chi connectivity index (χ0) is 20.8. The van der Waals surface area contributed by atoms with Gasteiger partial charge in [-0.15, -0.1) is 0 Å². The van der Waals surface area contributed by atoms with E-state index < -0.39 is 30.5 Å². The minimum absolute atomic E-state index is 0.0275. The number of halogens is 4. The number of amides is 1. The Morgan fingerprint density at radius 1 is 1.34 bits per heavy atom. The van der Waals surface area contributed by atoms with Crippen LogP contribution in [0.3, 0.4) is 0 Å². The van der Waals surface area contributed by atoms with Gasteiger partial charge in [-0.3, -0.25) is 9.48 Å². The Balaban J connectivity index is 1.63. The summed E-state index contributed by atoms with van der Waals surface area (Å²) >= 11 is 0. The molecule has 3 aromatic heterocycles. The normalized spacial score (nSPS) is 16.6. The number of carbonyl (C=O) groups excluding carboxylic acids is 1. The number of rotatable bonds is 4. The minimum Gasteiger partial charge on any atom is -0.350 e. The molecule has 1 fully saturated rings. The van der Waals surface area contributed by atoms with Gasteiger partial charge in [0.2, 0.25) is 0 Å². The highest BCUT2D eigenvalue weighted by atomic mass is 19.3. The molecule has 0 aromatic carbocycles. The summed E-state index contributed by atoms with van der Waals surface area (Å²) in [7, 11) is 1.46. The molecule has 0 radical (unpaired) electrons. The van der Waals surface area contributed by atoms with Crippen LogP contribution < -0.4 is 10.2 Å². The highest BCUT2D eigenvalue weighted by molar-refractivity contribution is 6.08. The first-order valence-corrected chi connectivity index (χ1v) is 8.84. The standard InChI is InChI=1S/C17H17F4N7O/c1-26-8-11(13(25-26)14(18)19)23-16(29)10-7-22-28-6-3-12(24-15(10)28)27-5-2-4-17(20,21)9-27/h3,6-8,14H,2,4-5,9H2,1H3,(H,23,29). The number of nitrogens with one attached hydrogen (secondary N) is 1. The Labute approximate surface area is 162 Å². The molecule has 0 bridgehead atoms. The molecule has 0 aliphatic carbocycles. The van der Waals surface area contributed by atoms with Crippen LogP contribution in [0.2, 0.25) is 0 Å². The summed E-state index contributed by atoms with van der Waals surface area (Å²) in [6, 6.07) is 1.54. The second-order valence-corrected chi connectivity index (χ2v) is 6.85. The number of anilines is 2. The van der Waals surface area contributed by atoms with E-state index in [1.807, 2.05) is 0 Å². The SMILES string of the molecule is Cn1cc(NC(=O)c2cnn3ccc(N4CCCC(F)(F)C4)nc23)c(C(F)F)n1. The van der Waals surface area contributed by atoms with Gasteiger partial charge in [0.05, 0.1) is 18.4 Å². The molecule has 1 amide bonds. The Bertz CT molecular complexity index is 1060. The lowest BCUT2D eigenvalue weighted by atomic mass is 10.1. The van der Waals surface area contributed by atoms with Gasteiger partial charge in [0.15, 0.2) is 11.3 Å². The first-order chi connectivity index (χ1) is 13.7. The lowest BCUT2D eigenvalue weighted by Gasteiger charge is -2.33. The Morgan fingerprint density at radius 2 is 2.14 bits per heavy atom. The third-order valence-electron chi connectivity index (χ3n) is 4.63. The molecule has 4 heterocycles. The van der Waals surface area contributed by atoms with Gasteiger partial charge in [0.25, 0.3) is 18.3 Å². The zero-order valence-corrected chi connectivity index (χ0v) is 15.3. The number of carbonyl (C=O) groups is 1.